The molecule has 0 radical (unpaired) electrons. The minimum absolute atomic E-state index is 0.0114. The van der Waals surface area contributed by atoms with Crippen LogP contribution in [0.4, 0.5) is 0 Å². The van der Waals surface area contributed by atoms with Crippen LogP contribution in [0.25, 0.3) is 0 Å². The first-order chi connectivity index (χ1) is 11.2. The predicted octanol–water partition coefficient (Wildman–Crippen LogP) is 2.80. The Labute approximate surface area is 140 Å². The maximum absolute atomic E-state index is 12.7. The van der Waals surface area contributed by atoms with E-state index in [4.69, 9.17) is 4.74 Å². The number of likely N-dealkylation sites (tertiary alicyclic amines) is 1. The molecular formula is C17H19N3O2S. The van der Waals surface area contributed by atoms with Gasteiger partial charge in [-0.15, -0.1) is 11.8 Å². The van der Waals surface area contributed by atoms with Crippen molar-refractivity contribution in [2.45, 2.75) is 24.5 Å². The van der Waals surface area contributed by atoms with Crippen molar-refractivity contribution in [3.05, 3.63) is 47.8 Å². The zero-order valence-corrected chi connectivity index (χ0v) is 14.0. The molecular weight excluding hydrogens is 310 g/mol. The molecule has 23 heavy (non-hydrogen) atoms. The van der Waals surface area contributed by atoms with Crippen LogP contribution in [-0.4, -0.2) is 46.2 Å². The van der Waals surface area contributed by atoms with E-state index in [9.17, 15) is 4.79 Å². The van der Waals surface area contributed by atoms with Crippen LogP contribution in [0.2, 0.25) is 0 Å². The fourth-order valence-corrected chi connectivity index (χ4v) is 3.19. The van der Waals surface area contributed by atoms with E-state index in [2.05, 4.69) is 9.97 Å². The molecule has 0 aromatic carbocycles. The summed E-state index contributed by atoms with van der Waals surface area (Å²) in [5, 5.41) is 0.766. The number of ether oxygens (including phenoxy) is 1. The van der Waals surface area contributed by atoms with Crippen molar-refractivity contribution in [2.24, 2.45) is 0 Å². The van der Waals surface area contributed by atoms with Crippen LogP contribution >= 0.6 is 11.8 Å². The normalized spacial score (nSPS) is 17.3. The lowest BCUT2D eigenvalue weighted by Crippen LogP contribution is -2.31. The summed E-state index contributed by atoms with van der Waals surface area (Å²) in [6.45, 7) is 3.21. The maximum atomic E-state index is 12.7. The van der Waals surface area contributed by atoms with Gasteiger partial charge in [0.15, 0.2) is 0 Å². The number of amides is 1. The van der Waals surface area contributed by atoms with E-state index in [1.165, 1.54) is 11.8 Å². The molecule has 1 aliphatic rings. The first kappa shape index (κ1) is 15.8. The predicted molar refractivity (Wildman–Crippen MR) is 89.9 cm³/mol. The van der Waals surface area contributed by atoms with Gasteiger partial charge >= 0.3 is 0 Å². The third kappa shape index (κ3) is 3.64. The maximum Gasteiger partial charge on any atom is 0.256 e. The Morgan fingerprint density at radius 1 is 1.35 bits per heavy atom. The van der Waals surface area contributed by atoms with E-state index < -0.39 is 0 Å². The van der Waals surface area contributed by atoms with Gasteiger partial charge in [0.25, 0.3) is 5.91 Å². The highest BCUT2D eigenvalue weighted by Crippen LogP contribution is 2.22. The molecule has 1 amide bonds. The van der Waals surface area contributed by atoms with E-state index >= 15 is 0 Å². The van der Waals surface area contributed by atoms with Crippen molar-refractivity contribution < 1.29 is 9.53 Å². The molecule has 0 saturated carbocycles. The van der Waals surface area contributed by atoms with Crippen LogP contribution in [0.5, 0.6) is 5.88 Å². The molecule has 6 heteroatoms. The first-order valence-electron chi connectivity index (χ1n) is 7.56. The SMILES string of the molecule is CSc1ncccc1C(=O)N1CCC(Oc2cccc(C)n2)C1. The number of hydrogen-bond donors (Lipinski definition) is 0. The van der Waals surface area contributed by atoms with Crippen LogP contribution in [0.3, 0.4) is 0 Å². The highest BCUT2D eigenvalue weighted by molar-refractivity contribution is 7.98. The van der Waals surface area contributed by atoms with Gasteiger partial charge < -0.3 is 9.64 Å². The molecule has 0 bridgehead atoms. The van der Waals surface area contributed by atoms with Crippen molar-refractivity contribution >= 4 is 17.7 Å². The first-order valence-corrected chi connectivity index (χ1v) is 8.78. The van der Waals surface area contributed by atoms with Crippen LogP contribution < -0.4 is 4.74 Å². The molecule has 1 unspecified atom stereocenters. The molecule has 1 atom stereocenters. The van der Waals surface area contributed by atoms with E-state index in [1.807, 2.05) is 42.3 Å². The number of pyridine rings is 2. The summed E-state index contributed by atoms with van der Waals surface area (Å²) in [7, 11) is 0. The minimum atomic E-state index is -0.0114. The van der Waals surface area contributed by atoms with Gasteiger partial charge in [0, 0.05) is 30.9 Å². The molecule has 0 aliphatic carbocycles. The van der Waals surface area contributed by atoms with Gasteiger partial charge in [-0.1, -0.05) is 6.07 Å². The lowest BCUT2D eigenvalue weighted by Gasteiger charge is -2.18. The fourth-order valence-electron chi connectivity index (χ4n) is 2.65. The quantitative estimate of drug-likeness (QED) is 0.807. The van der Waals surface area contributed by atoms with Gasteiger partial charge in [-0.2, -0.15) is 0 Å². The van der Waals surface area contributed by atoms with Crippen LogP contribution in [0.1, 0.15) is 22.5 Å². The summed E-state index contributed by atoms with van der Waals surface area (Å²) < 4.78 is 5.90. The second-order valence-electron chi connectivity index (χ2n) is 5.46. The Morgan fingerprint density at radius 3 is 3.00 bits per heavy atom. The number of rotatable bonds is 4. The number of carbonyl (C=O) groups is 1. The zero-order valence-electron chi connectivity index (χ0n) is 13.2. The number of thioether (sulfide) groups is 1. The summed E-state index contributed by atoms with van der Waals surface area (Å²) in [4.78, 5) is 23.1. The van der Waals surface area contributed by atoms with Crippen molar-refractivity contribution in [2.75, 3.05) is 19.3 Å². The molecule has 3 heterocycles. The third-order valence-corrected chi connectivity index (χ3v) is 4.49. The van der Waals surface area contributed by atoms with Crippen LogP contribution in [-0.2, 0) is 0 Å². The van der Waals surface area contributed by atoms with Crippen molar-refractivity contribution in [3.8, 4) is 5.88 Å². The molecule has 0 spiro atoms. The van der Waals surface area contributed by atoms with Gasteiger partial charge in [0.2, 0.25) is 5.88 Å². The van der Waals surface area contributed by atoms with Crippen molar-refractivity contribution in [1.29, 1.82) is 0 Å². The fraction of sp³-hybridized carbons (Fsp3) is 0.353. The number of nitrogens with zero attached hydrogens (tertiary/aromatic N) is 3. The monoisotopic (exact) mass is 329 g/mol. The van der Waals surface area contributed by atoms with Gasteiger partial charge in [0.1, 0.15) is 11.1 Å². The van der Waals surface area contributed by atoms with Gasteiger partial charge in [0.05, 0.1) is 12.1 Å². The van der Waals surface area contributed by atoms with Gasteiger partial charge in [-0.05, 0) is 31.4 Å². The summed E-state index contributed by atoms with van der Waals surface area (Å²) in [6.07, 6.45) is 4.44. The highest BCUT2D eigenvalue weighted by atomic mass is 32.2. The largest absolute Gasteiger partial charge is 0.472 e. The molecule has 1 saturated heterocycles. The molecule has 3 rings (SSSR count). The second-order valence-corrected chi connectivity index (χ2v) is 6.25. The Bertz CT molecular complexity index is 708. The van der Waals surface area contributed by atoms with Gasteiger partial charge in [-0.25, -0.2) is 9.97 Å². The van der Waals surface area contributed by atoms with E-state index in [0.717, 1.165) is 17.1 Å². The Kier molecular flexibility index (Phi) is 4.81. The van der Waals surface area contributed by atoms with E-state index in [1.54, 1.807) is 12.3 Å². The number of aromatic nitrogens is 2. The molecule has 1 aliphatic heterocycles. The minimum Gasteiger partial charge on any atom is -0.472 e. The number of hydrogen-bond acceptors (Lipinski definition) is 5. The number of aryl methyl sites for hydroxylation is 1. The molecule has 2 aromatic heterocycles. The topological polar surface area (TPSA) is 55.3 Å². The van der Waals surface area contributed by atoms with Crippen LogP contribution in [0.15, 0.2) is 41.6 Å². The average molecular weight is 329 g/mol. The molecule has 5 nitrogen and oxygen atoms in total. The third-order valence-electron chi connectivity index (χ3n) is 3.78. The molecule has 120 valence electrons. The van der Waals surface area contributed by atoms with E-state index in [0.29, 0.717) is 24.5 Å². The summed E-state index contributed by atoms with van der Waals surface area (Å²) in [6, 6.07) is 9.34. The van der Waals surface area contributed by atoms with Gasteiger partial charge in [-0.3, -0.25) is 4.79 Å². The Balaban J connectivity index is 1.66. The van der Waals surface area contributed by atoms with Crippen molar-refractivity contribution in [1.82, 2.24) is 14.9 Å². The summed E-state index contributed by atoms with van der Waals surface area (Å²) in [5.74, 6) is 0.640. The van der Waals surface area contributed by atoms with E-state index in [-0.39, 0.29) is 12.0 Å². The van der Waals surface area contributed by atoms with Crippen LogP contribution in [0, 0.1) is 6.92 Å². The average Bonchev–Trinajstić information content (AvgIpc) is 3.02. The lowest BCUT2D eigenvalue weighted by molar-refractivity contribution is 0.0767. The Morgan fingerprint density at radius 2 is 2.22 bits per heavy atom. The smallest absolute Gasteiger partial charge is 0.256 e. The lowest BCUT2D eigenvalue weighted by atomic mass is 10.2. The number of carbonyl (C=O) groups excluding carboxylic acids is 1. The van der Waals surface area contributed by atoms with Crippen molar-refractivity contribution in [3.63, 3.8) is 0 Å². The zero-order chi connectivity index (χ0) is 16.2. The summed E-state index contributed by atoms with van der Waals surface area (Å²) in [5.41, 5.74) is 1.59. The molecule has 2 aromatic rings. The Hall–Kier alpha value is -2.08. The standard InChI is InChI=1S/C17H19N3O2S/c1-12-5-3-7-15(19-12)22-13-8-10-20(11-13)17(21)14-6-4-9-18-16(14)23-2/h3-7,9,13H,8,10-11H2,1-2H3. The summed E-state index contributed by atoms with van der Waals surface area (Å²) >= 11 is 1.49. The molecule has 0 N–H and O–H groups in total. The highest BCUT2D eigenvalue weighted by Gasteiger charge is 2.29. The molecule has 1 fully saturated rings. The second kappa shape index (κ2) is 7.00.